The first-order valence-electron chi connectivity index (χ1n) is 4.43. The lowest BCUT2D eigenvalue weighted by atomic mass is 10.1. The van der Waals surface area contributed by atoms with E-state index in [0.29, 0.717) is 0 Å². The number of rotatable bonds is 2. The molecule has 1 rings (SSSR count). The quantitative estimate of drug-likeness (QED) is 0.601. The standard InChI is InChI=1S/C10H16Si2/c1-8(10(11)12)7-9-5-3-2-4-6-9/h2-7,10H,1,11-12H3. The van der Waals surface area contributed by atoms with E-state index in [0.717, 1.165) is 5.16 Å². The first kappa shape index (κ1) is 9.48. The van der Waals surface area contributed by atoms with E-state index in [9.17, 15) is 0 Å². The maximum atomic E-state index is 2.31. The minimum Gasteiger partial charge on any atom is -0.0767 e. The van der Waals surface area contributed by atoms with Crippen LogP contribution in [0.1, 0.15) is 12.5 Å². The van der Waals surface area contributed by atoms with Crippen molar-refractivity contribution in [2.45, 2.75) is 12.1 Å². The van der Waals surface area contributed by atoms with Gasteiger partial charge in [-0.1, -0.05) is 42.0 Å². The van der Waals surface area contributed by atoms with Gasteiger partial charge in [-0.05, 0) is 17.7 Å². The predicted molar refractivity (Wildman–Crippen MR) is 63.7 cm³/mol. The van der Waals surface area contributed by atoms with Crippen molar-refractivity contribution in [3.63, 3.8) is 0 Å². The Labute approximate surface area is 80.5 Å². The average molecular weight is 192 g/mol. The average Bonchev–Trinajstić information content (AvgIpc) is 2.06. The lowest BCUT2D eigenvalue weighted by Crippen LogP contribution is -1.91. The topological polar surface area (TPSA) is 0 Å². The van der Waals surface area contributed by atoms with Gasteiger partial charge in [-0.25, -0.2) is 0 Å². The molecule has 0 aliphatic heterocycles. The van der Waals surface area contributed by atoms with Crippen LogP contribution in [0.5, 0.6) is 0 Å². The Balaban J connectivity index is 2.81. The van der Waals surface area contributed by atoms with Crippen LogP contribution in [0.3, 0.4) is 0 Å². The van der Waals surface area contributed by atoms with Gasteiger partial charge in [0.15, 0.2) is 0 Å². The van der Waals surface area contributed by atoms with Crippen molar-refractivity contribution in [2.75, 3.05) is 0 Å². The summed E-state index contributed by atoms with van der Waals surface area (Å²) in [6, 6.07) is 10.6. The van der Waals surface area contributed by atoms with E-state index >= 15 is 0 Å². The zero-order valence-corrected chi connectivity index (χ0v) is 12.0. The van der Waals surface area contributed by atoms with Gasteiger partial charge in [0.1, 0.15) is 0 Å². The number of benzene rings is 1. The fourth-order valence-electron chi connectivity index (χ4n) is 0.979. The summed E-state index contributed by atoms with van der Waals surface area (Å²) < 4.78 is 0. The highest BCUT2D eigenvalue weighted by atomic mass is 28.2. The highest BCUT2D eigenvalue weighted by molar-refractivity contribution is 6.37. The van der Waals surface area contributed by atoms with Gasteiger partial charge < -0.3 is 0 Å². The highest BCUT2D eigenvalue weighted by Gasteiger charge is 1.95. The van der Waals surface area contributed by atoms with E-state index < -0.39 is 0 Å². The van der Waals surface area contributed by atoms with Crippen molar-refractivity contribution in [2.24, 2.45) is 0 Å². The van der Waals surface area contributed by atoms with E-state index in [1.165, 1.54) is 26.0 Å². The lowest BCUT2D eigenvalue weighted by molar-refractivity contribution is 1.33. The lowest BCUT2D eigenvalue weighted by Gasteiger charge is -2.03. The third-order valence-corrected chi connectivity index (χ3v) is 3.93. The summed E-state index contributed by atoms with van der Waals surface area (Å²) in [7, 11) is 2.61. The molecule has 0 N–H and O–H groups in total. The summed E-state index contributed by atoms with van der Waals surface area (Å²) in [6.07, 6.45) is 2.31. The largest absolute Gasteiger partial charge is 0.0767 e. The van der Waals surface area contributed by atoms with Gasteiger partial charge in [-0.2, -0.15) is 0 Å². The van der Waals surface area contributed by atoms with Gasteiger partial charge in [0.05, 0.1) is 0 Å². The van der Waals surface area contributed by atoms with Crippen molar-refractivity contribution >= 4 is 26.6 Å². The van der Waals surface area contributed by atoms with Crippen molar-refractivity contribution in [1.29, 1.82) is 0 Å². The zero-order chi connectivity index (χ0) is 8.97. The van der Waals surface area contributed by atoms with Gasteiger partial charge in [0, 0.05) is 20.5 Å². The van der Waals surface area contributed by atoms with Gasteiger partial charge in [0.25, 0.3) is 0 Å². The Morgan fingerprint density at radius 2 is 1.83 bits per heavy atom. The van der Waals surface area contributed by atoms with E-state index in [4.69, 9.17) is 0 Å². The molecular formula is C10H16Si2. The zero-order valence-electron chi connectivity index (χ0n) is 8.04. The molecule has 0 aliphatic carbocycles. The molecule has 1 aromatic rings. The van der Waals surface area contributed by atoms with Crippen LogP contribution in [0.4, 0.5) is 0 Å². The number of allylic oxidation sites excluding steroid dienone is 1. The highest BCUT2D eigenvalue weighted by Crippen LogP contribution is 2.13. The third kappa shape index (κ3) is 2.79. The molecule has 0 amide bonds. The summed E-state index contributed by atoms with van der Waals surface area (Å²) in [6.45, 7) is 2.25. The minimum atomic E-state index is 0.921. The van der Waals surface area contributed by atoms with Gasteiger partial charge >= 0.3 is 0 Å². The monoisotopic (exact) mass is 192 g/mol. The fourth-order valence-corrected chi connectivity index (χ4v) is 1.31. The maximum Gasteiger partial charge on any atom is 0.00739 e. The molecule has 0 aliphatic rings. The number of hydrogen-bond donors (Lipinski definition) is 0. The van der Waals surface area contributed by atoms with E-state index in [-0.39, 0.29) is 0 Å². The molecule has 0 heterocycles. The van der Waals surface area contributed by atoms with Crippen molar-refractivity contribution < 1.29 is 0 Å². The molecule has 64 valence electrons. The fraction of sp³-hybridized carbons (Fsp3) is 0.200. The van der Waals surface area contributed by atoms with Crippen LogP contribution in [0.25, 0.3) is 6.08 Å². The molecule has 0 atom stereocenters. The number of hydrogen-bond acceptors (Lipinski definition) is 0. The molecular weight excluding hydrogens is 176 g/mol. The van der Waals surface area contributed by atoms with Crippen molar-refractivity contribution in [1.82, 2.24) is 0 Å². The molecule has 0 saturated carbocycles. The second-order valence-corrected chi connectivity index (χ2v) is 9.23. The van der Waals surface area contributed by atoms with Crippen LogP contribution in [-0.4, -0.2) is 20.5 Å². The van der Waals surface area contributed by atoms with Crippen LogP contribution in [-0.2, 0) is 0 Å². The van der Waals surface area contributed by atoms with Crippen LogP contribution >= 0.6 is 0 Å². The van der Waals surface area contributed by atoms with Gasteiger partial charge in [-0.3, -0.25) is 0 Å². The first-order chi connectivity index (χ1) is 5.70. The van der Waals surface area contributed by atoms with Crippen molar-refractivity contribution in [3.05, 3.63) is 41.5 Å². The molecule has 0 aromatic heterocycles. The first-order valence-corrected chi connectivity index (χ1v) is 6.74. The molecule has 0 nitrogen and oxygen atoms in total. The van der Waals surface area contributed by atoms with E-state index in [1.54, 1.807) is 5.57 Å². The second kappa shape index (κ2) is 4.43. The SMILES string of the molecule is CC(=Cc1ccccc1)C([SiH3])[SiH3]. The Morgan fingerprint density at radius 1 is 1.25 bits per heavy atom. The molecule has 0 saturated heterocycles. The molecule has 0 bridgehead atoms. The molecule has 1 aromatic carbocycles. The van der Waals surface area contributed by atoms with Crippen LogP contribution in [0.15, 0.2) is 35.9 Å². The third-order valence-electron chi connectivity index (χ3n) is 2.10. The summed E-state index contributed by atoms with van der Waals surface area (Å²) >= 11 is 0. The van der Waals surface area contributed by atoms with E-state index in [1.807, 2.05) is 0 Å². The molecule has 2 heteroatoms. The predicted octanol–water partition coefficient (Wildman–Crippen LogP) is 0.567. The summed E-state index contributed by atoms with van der Waals surface area (Å²) in [5.41, 5.74) is 2.89. The summed E-state index contributed by atoms with van der Waals surface area (Å²) in [4.78, 5) is 0. The Bertz CT molecular complexity index is 262. The van der Waals surface area contributed by atoms with Crippen LogP contribution in [0.2, 0.25) is 5.16 Å². The Hall–Kier alpha value is -0.606. The summed E-state index contributed by atoms with van der Waals surface area (Å²) in [5, 5.41) is 0.921. The minimum absolute atomic E-state index is 0.921. The Kier molecular flexibility index (Phi) is 3.50. The molecule has 12 heavy (non-hydrogen) atoms. The smallest absolute Gasteiger partial charge is 0.00739 e. The summed E-state index contributed by atoms with van der Waals surface area (Å²) in [5.74, 6) is 0. The van der Waals surface area contributed by atoms with Crippen LogP contribution < -0.4 is 0 Å². The van der Waals surface area contributed by atoms with Crippen LogP contribution in [0, 0.1) is 0 Å². The van der Waals surface area contributed by atoms with Gasteiger partial charge in [-0.15, -0.1) is 0 Å². The van der Waals surface area contributed by atoms with Crippen molar-refractivity contribution in [3.8, 4) is 0 Å². The van der Waals surface area contributed by atoms with E-state index in [2.05, 4.69) is 43.3 Å². The molecule has 0 fully saturated rings. The normalized spacial score (nSPS) is 14.9. The maximum absolute atomic E-state index is 2.31. The van der Waals surface area contributed by atoms with Gasteiger partial charge in [0.2, 0.25) is 0 Å². The molecule has 0 radical (unpaired) electrons. The Morgan fingerprint density at radius 3 is 2.33 bits per heavy atom. The second-order valence-electron chi connectivity index (χ2n) is 3.45. The molecule has 0 unspecified atom stereocenters. The molecule has 0 spiro atoms.